The van der Waals surface area contributed by atoms with Crippen molar-refractivity contribution in [3.05, 3.63) is 12.7 Å². The fourth-order valence-electron chi connectivity index (χ4n) is 1.52. The summed E-state index contributed by atoms with van der Waals surface area (Å²) >= 11 is 0. The first kappa shape index (κ1) is 11.3. The molecule has 0 saturated carbocycles. The molecule has 0 aliphatic rings. The lowest BCUT2D eigenvalue weighted by atomic mass is 10.2. The Labute approximate surface area is 97.3 Å². The smallest absolute Gasteiger partial charge is 0.303 e. The standard InChI is InChI=1S/C10H13N5O2/c1-6(2-3-7(16)17)15-10-8-9(12-4-11-8)13-5-14-10/h4-6H,2-3H2,1H3,(H,16,17)(H2,11,12,13,14,15). The molecule has 90 valence electrons. The van der Waals surface area contributed by atoms with E-state index in [1.165, 1.54) is 6.33 Å². The molecule has 7 heteroatoms. The van der Waals surface area contributed by atoms with E-state index in [1.54, 1.807) is 6.33 Å². The molecule has 0 aliphatic carbocycles. The number of rotatable bonds is 5. The Balaban J connectivity index is 2.07. The molecule has 2 aromatic heterocycles. The van der Waals surface area contributed by atoms with E-state index in [9.17, 15) is 4.79 Å². The van der Waals surface area contributed by atoms with Crippen LogP contribution in [0.3, 0.4) is 0 Å². The lowest BCUT2D eigenvalue weighted by molar-refractivity contribution is -0.137. The van der Waals surface area contributed by atoms with Crippen LogP contribution in [0.4, 0.5) is 5.82 Å². The van der Waals surface area contributed by atoms with Crippen LogP contribution in [0, 0.1) is 0 Å². The van der Waals surface area contributed by atoms with Crippen molar-refractivity contribution in [3.63, 3.8) is 0 Å². The summed E-state index contributed by atoms with van der Waals surface area (Å²) < 4.78 is 0. The van der Waals surface area contributed by atoms with Crippen LogP contribution in [0.1, 0.15) is 19.8 Å². The summed E-state index contributed by atoms with van der Waals surface area (Å²) in [4.78, 5) is 25.5. The zero-order valence-corrected chi connectivity index (χ0v) is 9.34. The molecule has 3 N–H and O–H groups in total. The number of carbonyl (C=O) groups is 1. The van der Waals surface area contributed by atoms with Gasteiger partial charge in [0.05, 0.1) is 6.33 Å². The van der Waals surface area contributed by atoms with E-state index in [-0.39, 0.29) is 12.5 Å². The van der Waals surface area contributed by atoms with Crippen LogP contribution in [-0.4, -0.2) is 37.1 Å². The Bertz CT molecular complexity index is 524. The first-order chi connectivity index (χ1) is 8.16. The third-order valence-corrected chi connectivity index (χ3v) is 2.40. The maximum Gasteiger partial charge on any atom is 0.303 e. The normalized spacial score (nSPS) is 12.5. The number of nitrogens with one attached hydrogen (secondary N) is 2. The summed E-state index contributed by atoms with van der Waals surface area (Å²) in [5, 5.41) is 11.7. The number of imidazole rings is 1. The molecule has 0 fully saturated rings. The van der Waals surface area contributed by atoms with Crippen LogP contribution in [0.5, 0.6) is 0 Å². The summed E-state index contributed by atoms with van der Waals surface area (Å²) in [7, 11) is 0. The zero-order valence-electron chi connectivity index (χ0n) is 9.34. The number of hydrogen-bond donors (Lipinski definition) is 3. The van der Waals surface area contributed by atoms with Gasteiger partial charge in [0.15, 0.2) is 11.5 Å². The molecule has 0 aromatic carbocycles. The number of carboxylic acid groups (broad SMARTS) is 1. The highest BCUT2D eigenvalue weighted by atomic mass is 16.4. The molecule has 0 bridgehead atoms. The molecule has 0 radical (unpaired) electrons. The molecule has 2 aromatic rings. The molecule has 17 heavy (non-hydrogen) atoms. The second-order valence-electron chi connectivity index (χ2n) is 3.80. The van der Waals surface area contributed by atoms with Crippen LogP contribution < -0.4 is 5.32 Å². The largest absolute Gasteiger partial charge is 0.481 e. The minimum atomic E-state index is -0.798. The highest BCUT2D eigenvalue weighted by molar-refractivity contribution is 5.82. The van der Waals surface area contributed by atoms with Crippen molar-refractivity contribution in [2.75, 3.05) is 5.32 Å². The van der Waals surface area contributed by atoms with E-state index in [0.29, 0.717) is 17.9 Å². The molecule has 1 atom stereocenters. The molecule has 1 unspecified atom stereocenters. The van der Waals surface area contributed by atoms with Gasteiger partial charge in [0.2, 0.25) is 0 Å². The Hall–Kier alpha value is -2.18. The van der Waals surface area contributed by atoms with Gasteiger partial charge in [-0.25, -0.2) is 15.0 Å². The van der Waals surface area contributed by atoms with Gasteiger partial charge in [-0.2, -0.15) is 0 Å². The van der Waals surface area contributed by atoms with Gasteiger partial charge in [-0.15, -0.1) is 0 Å². The Morgan fingerprint density at radius 1 is 1.53 bits per heavy atom. The lowest BCUT2D eigenvalue weighted by Gasteiger charge is -2.13. The van der Waals surface area contributed by atoms with Gasteiger partial charge in [0.1, 0.15) is 11.8 Å². The van der Waals surface area contributed by atoms with E-state index in [4.69, 9.17) is 5.11 Å². The van der Waals surface area contributed by atoms with Crippen LogP contribution in [0.2, 0.25) is 0 Å². The topological polar surface area (TPSA) is 104 Å². The average molecular weight is 235 g/mol. The van der Waals surface area contributed by atoms with E-state index < -0.39 is 5.97 Å². The quantitative estimate of drug-likeness (QED) is 0.714. The Kier molecular flexibility index (Phi) is 3.17. The van der Waals surface area contributed by atoms with E-state index in [0.717, 1.165) is 5.52 Å². The van der Waals surface area contributed by atoms with Crippen LogP contribution in [0.15, 0.2) is 12.7 Å². The van der Waals surface area contributed by atoms with Crippen molar-refractivity contribution in [2.45, 2.75) is 25.8 Å². The zero-order chi connectivity index (χ0) is 12.3. The van der Waals surface area contributed by atoms with Crippen molar-refractivity contribution >= 4 is 23.0 Å². The number of nitrogens with zero attached hydrogens (tertiary/aromatic N) is 3. The van der Waals surface area contributed by atoms with Crippen LogP contribution in [0.25, 0.3) is 11.2 Å². The maximum atomic E-state index is 10.5. The molecule has 0 saturated heterocycles. The highest BCUT2D eigenvalue weighted by Gasteiger charge is 2.10. The molecule has 0 amide bonds. The monoisotopic (exact) mass is 235 g/mol. The van der Waals surface area contributed by atoms with Crippen molar-refractivity contribution in [2.24, 2.45) is 0 Å². The van der Waals surface area contributed by atoms with E-state index >= 15 is 0 Å². The molecule has 0 aliphatic heterocycles. The number of H-pyrrole nitrogens is 1. The van der Waals surface area contributed by atoms with Gasteiger partial charge in [-0.3, -0.25) is 4.79 Å². The number of carboxylic acids is 1. The van der Waals surface area contributed by atoms with Crippen molar-refractivity contribution in [1.29, 1.82) is 0 Å². The average Bonchev–Trinajstić information content (AvgIpc) is 2.75. The third kappa shape index (κ3) is 2.68. The fourth-order valence-corrected chi connectivity index (χ4v) is 1.52. The van der Waals surface area contributed by atoms with Gasteiger partial charge in [0, 0.05) is 12.5 Å². The molecule has 2 heterocycles. The molecule has 2 rings (SSSR count). The lowest BCUT2D eigenvalue weighted by Crippen LogP contribution is -2.17. The third-order valence-electron chi connectivity index (χ3n) is 2.40. The highest BCUT2D eigenvalue weighted by Crippen LogP contribution is 2.16. The number of aromatic nitrogens is 4. The Morgan fingerprint density at radius 2 is 2.35 bits per heavy atom. The number of aliphatic carboxylic acids is 1. The maximum absolute atomic E-state index is 10.5. The van der Waals surface area contributed by atoms with Crippen LogP contribution >= 0.6 is 0 Å². The summed E-state index contributed by atoms with van der Waals surface area (Å²) in [5.74, 6) is -0.154. The predicted octanol–water partition coefficient (Wildman–Crippen LogP) is 1.02. The first-order valence-electron chi connectivity index (χ1n) is 5.29. The molecular weight excluding hydrogens is 222 g/mol. The molecule has 7 nitrogen and oxygen atoms in total. The summed E-state index contributed by atoms with van der Waals surface area (Å²) in [6.07, 6.45) is 3.64. The van der Waals surface area contributed by atoms with Gasteiger partial charge in [-0.1, -0.05) is 0 Å². The minimum absolute atomic E-state index is 0.0208. The number of hydrogen-bond acceptors (Lipinski definition) is 5. The minimum Gasteiger partial charge on any atom is -0.481 e. The van der Waals surface area contributed by atoms with Crippen molar-refractivity contribution < 1.29 is 9.90 Å². The number of aromatic amines is 1. The molecule has 0 spiro atoms. The van der Waals surface area contributed by atoms with Gasteiger partial charge in [0.25, 0.3) is 0 Å². The summed E-state index contributed by atoms with van der Waals surface area (Å²) in [5.41, 5.74) is 1.32. The van der Waals surface area contributed by atoms with E-state index in [1.807, 2.05) is 6.92 Å². The van der Waals surface area contributed by atoms with E-state index in [2.05, 4.69) is 25.3 Å². The fraction of sp³-hybridized carbons (Fsp3) is 0.400. The molecular formula is C10H13N5O2. The van der Waals surface area contributed by atoms with Gasteiger partial charge in [-0.05, 0) is 13.3 Å². The predicted molar refractivity (Wildman–Crippen MR) is 61.6 cm³/mol. The van der Waals surface area contributed by atoms with Gasteiger partial charge >= 0.3 is 5.97 Å². The van der Waals surface area contributed by atoms with Crippen molar-refractivity contribution in [1.82, 2.24) is 19.9 Å². The number of anilines is 1. The summed E-state index contributed by atoms with van der Waals surface area (Å²) in [6.45, 7) is 1.91. The van der Waals surface area contributed by atoms with Gasteiger partial charge < -0.3 is 15.4 Å². The first-order valence-corrected chi connectivity index (χ1v) is 5.29. The number of fused-ring (bicyclic) bond motifs is 1. The van der Waals surface area contributed by atoms with Crippen LogP contribution in [-0.2, 0) is 4.79 Å². The second-order valence-corrected chi connectivity index (χ2v) is 3.80. The summed E-state index contributed by atoms with van der Waals surface area (Å²) in [6, 6.07) is 0.0208. The second kappa shape index (κ2) is 4.77. The van der Waals surface area contributed by atoms with Crippen molar-refractivity contribution in [3.8, 4) is 0 Å². The SMILES string of the molecule is CC(CCC(=O)O)Nc1ncnc2nc[nH]c12. The Morgan fingerprint density at radius 3 is 3.12 bits per heavy atom.